The van der Waals surface area contributed by atoms with Crippen LogP contribution in [0, 0.1) is 0 Å². The highest BCUT2D eigenvalue weighted by Gasteiger charge is 2.13. The summed E-state index contributed by atoms with van der Waals surface area (Å²) in [6.07, 6.45) is 0. The number of rotatable bonds is 6. The van der Waals surface area contributed by atoms with E-state index in [0.717, 1.165) is 21.4 Å². The summed E-state index contributed by atoms with van der Waals surface area (Å²) in [5.41, 5.74) is 4.09. The van der Waals surface area contributed by atoms with Gasteiger partial charge in [-0.05, 0) is 29.8 Å². The number of thioether (sulfide) groups is 1. The van der Waals surface area contributed by atoms with Crippen molar-refractivity contribution >= 4 is 44.5 Å². The first-order valence-electron chi connectivity index (χ1n) is 9.05. The third-order valence-corrected chi connectivity index (χ3v) is 6.06. The van der Waals surface area contributed by atoms with Crippen molar-refractivity contribution in [1.82, 2.24) is 10.3 Å². The Hall–Kier alpha value is -2.50. The van der Waals surface area contributed by atoms with Gasteiger partial charge >= 0.3 is 0 Å². The molecular weight excluding hydrogens is 432 g/mol. The molecule has 2 N–H and O–H groups in total. The van der Waals surface area contributed by atoms with Crippen LogP contribution in [-0.2, 0) is 0 Å². The zero-order valence-electron chi connectivity index (χ0n) is 15.1. The Morgan fingerprint density at radius 1 is 0.964 bits per heavy atom. The van der Waals surface area contributed by atoms with Crippen LogP contribution in [0.5, 0.6) is 0 Å². The summed E-state index contributed by atoms with van der Waals surface area (Å²) in [5, 5.41) is 4.22. The summed E-state index contributed by atoms with van der Waals surface area (Å²) >= 11 is 5.17. The van der Waals surface area contributed by atoms with Gasteiger partial charge in [-0.15, -0.1) is 11.8 Å². The molecule has 1 aromatic heterocycles. The Kier molecular flexibility index (Phi) is 5.84. The predicted molar refractivity (Wildman–Crippen MR) is 121 cm³/mol. The third kappa shape index (κ3) is 4.16. The number of aromatic amines is 1. The van der Waals surface area contributed by atoms with Crippen molar-refractivity contribution in [2.75, 3.05) is 12.3 Å². The highest BCUT2D eigenvalue weighted by atomic mass is 79.9. The van der Waals surface area contributed by atoms with Crippen molar-refractivity contribution in [3.63, 3.8) is 0 Å². The van der Waals surface area contributed by atoms with Crippen LogP contribution in [0.3, 0.4) is 0 Å². The summed E-state index contributed by atoms with van der Waals surface area (Å²) in [4.78, 5) is 17.1. The number of hydrogen-bond acceptors (Lipinski definition) is 2. The minimum Gasteiger partial charge on any atom is -0.354 e. The number of carbonyl (C=O) groups excluding carboxylic acids is 1. The van der Waals surface area contributed by atoms with Gasteiger partial charge in [0.05, 0.1) is 5.69 Å². The molecule has 0 radical (unpaired) electrons. The van der Waals surface area contributed by atoms with Crippen molar-refractivity contribution in [2.24, 2.45) is 0 Å². The first-order chi connectivity index (χ1) is 13.7. The summed E-state index contributed by atoms with van der Waals surface area (Å²) < 4.78 is 0.904. The molecule has 28 heavy (non-hydrogen) atoms. The summed E-state index contributed by atoms with van der Waals surface area (Å²) in [6.45, 7) is 0.601. The molecule has 0 saturated heterocycles. The second-order valence-corrected chi connectivity index (χ2v) is 8.38. The first kappa shape index (κ1) is 18.8. The number of fused-ring (bicyclic) bond motifs is 1. The maximum Gasteiger partial charge on any atom is 0.251 e. The molecule has 0 unspecified atom stereocenters. The van der Waals surface area contributed by atoms with Gasteiger partial charge in [0, 0.05) is 38.1 Å². The molecule has 0 aliphatic heterocycles. The molecule has 4 rings (SSSR count). The van der Waals surface area contributed by atoms with Crippen LogP contribution >= 0.6 is 27.7 Å². The van der Waals surface area contributed by atoms with Gasteiger partial charge in [0.1, 0.15) is 0 Å². The zero-order chi connectivity index (χ0) is 19.3. The molecule has 0 aliphatic carbocycles. The van der Waals surface area contributed by atoms with Gasteiger partial charge in [-0.25, -0.2) is 0 Å². The third-order valence-electron chi connectivity index (χ3n) is 4.44. The Labute approximate surface area is 176 Å². The van der Waals surface area contributed by atoms with E-state index in [4.69, 9.17) is 0 Å². The van der Waals surface area contributed by atoms with Crippen LogP contribution in [-0.4, -0.2) is 23.2 Å². The number of nitrogens with one attached hydrogen (secondary N) is 2. The van der Waals surface area contributed by atoms with E-state index in [9.17, 15) is 4.79 Å². The second-order valence-electron chi connectivity index (χ2n) is 6.36. The molecule has 0 fully saturated rings. The highest BCUT2D eigenvalue weighted by Crippen LogP contribution is 2.37. The molecular formula is C23H19BrN2OS. The number of carbonyl (C=O) groups is 1. The van der Waals surface area contributed by atoms with Crippen LogP contribution in [0.2, 0.25) is 0 Å². The van der Waals surface area contributed by atoms with Crippen LogP contribution in [0.4, 0.5) is 0 Å². The lowest BCUT2D eigenvalue weighted by atomic mass is 10.1. The number of aromatic nitrogens is 1. The number of benzene rings is 3. The molecule has 0 aliphatic rings. The van der Waals surface area contributed by atoms with Crippen molar-refractivity contribution in [3.8, 4) is 11.3 Å². The molecule has 0 bridgehead atoms. The largest absolute Gasteiger partial charge is 0.354 e. The molecule has 0 atom stereocenters. The van der Waals surface area contributed by atoms with Gasteiger partial charge in [0.15, 0.2) is 0 Å². The molecule has 1 heterocycles. The normalized spacial score (nSPS) is 10.9. The molecule has 3 nitrogen and oxygen atoms in total. The number of hydrogen-bond donors (Lipinski definition) is 2. The van der Waals surface area contributed by atoms with Crippen LogP contribution < -0.4 is 5.32 Å². The lowest BCUT2D eigenvalue weighted by Gasteiger charge is -2.07. The van der Waals surface area contributed by atoms with Gasteiger partial charge in [-0.1, -0.05) is 70.5 Å². The average molecular weight is 451 g/mol. The van der Waals surface area contributed by atoms with Crippen molar-refractivity contribution in [3.05, 3.63) is 88.9 Å². The van der Waals surface area contributed by atoms with Gasteiger partial charge in [0.25, 0.3) is 5.91 Å². The van der Waals surface area contributed by atoms with E-state index in [1.54, 1.807) is 11.8 Å². The number of halogens is 1. The van der Waals surface area contributed by atoms with E-state index in [0.29, 0.717) is 12.1 Å². The fourth-order valence-corrected chi connectivity index (χ4v) is 4.58. The lowest BCUT2D eigenvalue weighted by Crippen LogP contribution is -2.25. The van der Waals surface area contributed by atoms with E-state index in [1.807, 2.05) is 48.5 Å². The predicted octanol–water partition coefficient (Wildman–Crippen LogP) is 6.12. The summed E-state index contributed by atoms with van der Waals surface area (Å²) in [6, 6.07) is 26.1. The van der Waals surface area contributed by atoms with Crippen LogP contribution in [0.15, 0.2) is 88.2 Å². The highest BCUT2D eigenvalue weighted by molar-refractivity contribution is 9.10. The van der Waals surface area contributed by atoms with Crippen LogP contribution in [0.1, 0.15) is 10.4 Å². The maximum absolute atomic E-state index is 12.3. The van der Waals surface area contributed by atoms with Gasteiger partial charge in [-0.2, -0.15) is 0 Å². The molecule has 0 spiro atoms. The molecule has 4 aromatic rings. The van der Waals surface area contributed by atoms with E-state index in [-0.39, 0.29) is 5.91 Å². The van der Waals surface area contributed by atoms with Crippen LogP contribution in [0.25, 0.3) is 22.2 Å². The SMILES string of the molecule is O=C(NCCSc1c(-c2ccccc2)[nH]c2ccccc12)c1cccc(Br)c1. The second kappa shape index (κ2) is 8.67. The van der Waals surface area contributed by atoms with Crippen molar-refractivity contribution in [1.29, 1.82) is 0 Å². The van der Waals surface area contributed by atoms with Gasteiger partial charge < -0.3 is 10.3 Å². The Morgan fingerprint density at radius 2 is 1.75 bits per heavy atom. The fourth-order valence-electron chi connectivity index (χ4n) is 3.12. The monoisotopic (exact) mass is 450 g/mol. The quantitative estimate of drug-likeness (QED) is 0.274. The maximum atomic E-state index is 12.3. The average Bonchev–Trinajstić information content (AvgIpc) is 3.10. The minimum absolute atomic E-state index is 0.0518. The zero-order valence-corrected chi connectivity index (χ0v) is 17.5. The van der Waals surface area contributed by atoms with E-state index in [1.165, 1.54) is 15.8 Å². The lowest BCUT2D eigenvalue weighted by molar-refractivity contribution is 0.0956. The van der Waals surface area contributed by atoms with Gasteiger partial charge in [-0.3, -0.25) is 4.79 Å². The number of para-hydroxylation sites is 1. The molecule has 3 aromatic carbocycles. The Bertz CT molecular complexity index is 1110. The van der Waals surface area contributed by atoms with Crippen molar-refractivity contribution in [2.45, 2.75) is 4.90 Å². The summed E-state index contributed by atoms with van der Waals surface area (Å²) in [5.74, 6) is 0.741. The topological polar surface area (TPSA) is 44.9 Å². The molecule has 5 heteroatoms. The molecule has 140 valence electrons. The number of H-pyrrole nitrogens is 1. The molecule has 1 amide bonds. The standard InChI is InChI=1S/C23H19BrN2OS/c24-18-10-6-9-17(15-18)23(27)25-13-14-28-22-19-11-4-5-12-20(19)26-21(22)16-7-2-1-3-8-16/h1-12,15,26H,13-14H2,(H,25,27). The van der Waals surface area contributed by atoms with Gasteiger partial charge in [0.2, 0.25) is 0 Å². The van der Waals surface area contributed by atoms with E-state index in [2.05, 4.69) is 56.6 Å². The first-order valence-corrected chi connectivity index (χ1v) is 10.8. The van der Waals surface area contributed by atoms with Crippen molar-refractivity contribution < 1.29 is 4.79 Å². The smallest absolute Gasteiger partial charge is 0.251 e. The minimum atomic E-state index is -0.0518. The fraction of sp³-hybridized carbons (Fsp3) is 0.0870. The molecule has 0 saturated carbocycles. The summed E-state index contributed by atoms with van der Waals surface area (Å²) in [7, 11) is 0. The van der Waals surface area contributed by atoms with E-state index < -0.39 is 0 Å². The number of amides is 1. The Morgan fingerprint density at radius 3 is 2.57 bits per heavy atom. The van der Waals surface area contributed by atoms with E-state index >= 15 is 0 Å². The Balaban J connectivity index is 1.48.